The van der Waals surface area contributed by atoms with Crippen LogP contribution in [0.15, 0.2) is 30.3 Å². The van der Waals surface area contributed by atoms with E-state index < -0.39 is 6.04 Å². The number of hydrogen-bond donors (Lipinski definition) is 0. The van der Waals surface area contributed by atoms with Gasteiger partial charge in [-0.25, -0.2) is 4.79 Å². The Kier molecular flexibility index (Phi) is 3.68. The molecular weight excluding hydrogens is 238 g/mol. The molecule has 1 fully saturated rings. The van der Waals surface area contributed by atoms with E-state index >= 15 is 0 Å². The third-order valence-corrected chi connectivity index (χ3v) is 3.65. The summed E-state index contributed by atoms with van der Waals surface area (Å²) in [5.41, 5.74) is 0.601. The van der Waals surface area contributed by atoms with Gasteiger partial charge in [0.1, 0.15) is 6.04 Å². The highest BCUT2D eigenvalue weighted by molar-refractivity contribution is 7.99. The number of thioether (sulfide) groups is 1. The number of carbonyl (C=O) groups excluding carboxylic acids is 2. The van der Waals surface area contributed by atoms with Crippen LogP contribution in [0.2, 0.25) is 0 Å². The molecule has 1 aromatic carbocycles. The predicted octanol–water partition coefficient (Wildman–Crippen LogP) is 1.37. The van der Waals surface area contributed by atoms with Gasteiger partial charge in [0.15, 0.2) is 0 Å². The van der Waals surface area contributed by atoms with E-state index in [1.165, 1.54) is 7.11 Å². The van der Waals surface area contributed by atoms with E-state index in [4.69, 9.17) is 4.74 Å². The Morgan fingerprint density at radius 3 is 2.71 bits per heavy atom. The first kappa shape index (κ1) is 12.0. The largest absolute Gasteiger partial charge is 0.467 e. The summed E-state index contributed by atoms with van der Waals surface area (Å²) in [6.07, 6.45) is 0. The Hall–Kier alpha value is -1.49. The summed E-state index contributed by atoms with van der Waals surface area (Å²) in [5, 5.41) is 0. The fraction of sp³-hybridized carbons (Fsp3) is 0.333. The Morgan fingerprint density at radius 2 is 2.06 bits per heavy atom. The maximum Gasteiger partial charge on any atom is 0.329 e. The molecule has 1 atom stereocenters. The SMILES string of the molecule is COC(=O)C1CSCN1C(=O)c1ccccc1. The summed E-state index contributed by atoms with van der Waals surface area (Å²) in [6, 6.07) is 8.51. The van der Waals surface area contributed by atoms with Crippen molar-refractivity contribution in [2.45, 2.75) is 6.04 Å². The number of esters is 1. The Bertz CT molecular complexity index is 421. The third-order valence-electron chi connectivity index (χ3n) is 2.64. The highest BCUT2D eigenvalue weighted by Crippen LogP contribution is 2.23. The normalized spacial score (nSPS) is 19.1. The van der Waals surface area contributed by atoms with E-state index in [0.717, 1.165) is 0 Å². The van der Waals surface area contributed by atoms with Crippen LogP contribution in [-0.2, 0) is 9.53 Å². The van der Waals surface area contributed by atoms with Crippen molar-refractivity contribution < 1.29 is 14.3 Å². The van der Waals surface area contributed by atoms with Gasteiger partial charge in [-0.05, 0) is 12.1 Å². The minimum absolute atomic E-state index is 0.119. The molecule has 0 radical (unpaired) electrons. The molecule has 1 aliphatic rings. The van der Waals surface area contributed by atoms with Gasteiger partial charge < -0.3 is 9.64 Å². The molecule has 1 saturated heterocycles. The number of hydrogen-bond acceptors (Lipinski definition) is 4. The molecule has 0 spiro atoms. The number of methoxy groups -OCH3 is 1. The molecule has 1 amide bonds. The molecular formula is C12H13NO3S. The van der Waals surface area contributed by atoms with Crippen molar-refractivity contribution >= 4 is 23.6 Å². The average molecular weight is 251 g/mol. The quantitative estimate of drug-likeness (QED) is 0.745. The lowest BCUT2D eigenvalue weighted by atomic mass is 10.2. The maximum absolute atomic E-state index is 12.2. The maximum atomic E-state index is 12.2. The molecule has 4 nitrogen and oxygen atoms in total. The minimum Gasteiger partial charge on any atom is -0.467 e. The average Bonchev–Trinajstić information content (AvgIpc) is 2.87. The molecule has 0 saturated carbocycles. The van der Waals surface area contributed by atoms with Gasteiger partial charge in [0.05, 0.1) is 13.0 Å². The summed E-state index contributed by atoms with van der Waals surface area (Å²) in [5.74, 6) is 0.670. The monoisotopic (exact) mass is 251 g/mol. The van der Waals surface area contributed by atoms with Crippen LogP contribution in [-0.4, -0.2) is 41.6 Å². The number of amides is 1. The van der Waals surface area contributed by atoms with Gasteiger partial charge in [-0.3, -0.25) is 4.79 Å². The molecule has 90 valence electrons. The van der Waals surface area contributed by atoms with Crippen molar-refractivity contribution in [1.29, 1.82) is 0 Å². The Labute approximate surface area is 104 Å². The van der Waals surface area contributed by atoms with Crippen LogP contribution < -0.4 is 0 Å². The van der Waals surface area contributed by atoms with Crippen LogP contribution in [0.5, 0.6) is 0 Å². The van der Waals surface area contributed by atoms with Crippen LogP contribution in [0.1, 0.15) is 10.4 Å². The summed E-state index contributed by atoms with van der Waals surface area (Å²) in [7, 11) is 1.34. The summed E-state index contributed by atoms with van der Waals surface area (Å²) < 4.78 is 4.70. The topological polar surface area (TPSA) is 46.6 Å². The molecule has 5 heteroatoms. The second-order valence-corrected chi connectivity index (χ2v) is 4.68. The van der Waals surface area contributed by atoms with Gasteiger partial charge >= 0.3 is 5.97 Å². The van der Waals surface area contributed by atoms with Gasteiger partial charge in [-0.2, -0.15) is 0 Å². The molecule has 17 heavy (non-hydrogen) atoms. The van der Waals surface area contributed by atoms with Gasteiger partial charge in [-0.1, -0.05) is 18.2 Å². The molecule has 1 aliphatic heterocycles. The van der Waals surface area contributed by atoms with E-state index in [1.807, 2.05) is 18.2 Å². The molecule has 1 heterocycles. The highest BCUT2D eigenvalue weighted by Gasteiger charge is 2.35. The van der Waals surface area contributed by atoms with E-state index in [1.54, 1.807) is 28.8 Å². The highest BCUT2D eigenvalue weighted by atomic mass is 32.2. The van der Waals surface area contributed by atoms with E-state index in [0.29, 0.717) is 17.2 Å². The summed E-state index contributed by atoms with van der Waals surface area (Å²) in [4.78, 5) is 25.3. The molecule has 0 N–H and O–H groups in total. The van der Waals surface area contributed by atoms with E-state index in [2.05, 4.69) is 0 Å². The van der Waals surface area contributed by atoms with Gasteiger partial charge in [0, 0.05) is 11.3 Å². The fourth-order valence-corrected chi connectivity index (χ4v) is 2.86. The Balaban J connectivity index is 2.17. The summed E-state index contributed by atoms with van der Waals surface area (Å²) >= 11 is 1.56. The Morgan fingerprint density at radius 1 is 1.35 bits per heavy atom. The van der Waals surface area contributed by atoms with Gasteiger partial charge in [0.2, 0.25) is 0 Å². The van der Waals surface area contributed by atoms with E-state index in [-0.39, 0.29) is 11.9 Å². The smallest absolute Gasteiger partial charge is 0.329 e. The lowest BCUT2D eigenvalue weighted by molar-refractivity contribution is -0.144. The fourth-order valence-electron chi connectivity index (χ4n) is 1.72. The number of benzene rings is 1. The molecule has 1 aromatic rings. The van der Waals surface area contributed by atoms with Crippen molar-refractivity contribution in [3.63, 3.8) is 0 Å². The van der Waals surface area contributed by atoms with Crippen molar-refractivity contribution in [3.05, 3.63) is 35.9 Å². The third kappa shape index (κ3) is 2.44. The second kappa shape index (κ2) is 5.23. The van der Waals surface area contributed by atoms with Crippen molar-refractivity contribution in [3.8, 4) is 0 Å². The standard InChI is InChI=1S/C12H13NO3S/c1-16-12(15)10-7-17-8-13(10)11(14)9-5-3-2-4-6-9/h2-6,10H,7-8H2,1H3. The minimum atomic E-state index is -0.460. The van der Waals surface area contributed by atoms with Gasteiger partial charge in [0.25, 0.3) is 5.91 Å². The number of ether oxygens (including phenoxy) is 1. The van der Waals surface area contributed by atoms with Crippen molar-refractivity contribution in [2.24, 2.45) is 0 Å². The number of rotatable bonds is 2. The molecule has 0 aliphatic carbocycles. The number of nitrogens with zero attached hydrogens (tertiary/aromatic N) is 1. The second-order valence-electron chi connectivity index (χ2n) is 3.68. The molecule has 0 aromatic heterocycles. The van der Waals surface area contributed by atoms with Crippen LogP contribution in [0.3, 0.4) is 0 Å². The lowest BCUT2D eigenvalue weighted by Crippen LogP contribution is -2.42. The van der Waals surface area contributed by atoms with Crippen LogP contribution in [0.4, 0.5) is 0 Å². The lowest BCUT2D eigenvalue weighted by Gasteiger charge is -2.21. The zero-order chi connectivity index (χ0) is 12.3. The molecule has 1 unspecified atom stereocenters. The van der Waals surface area contributed by atoms with Crippen LogP contribution in [0.25, 0.3) is 0 Å². The summed E-state index contributed by atoms with van der Waals surface area (Å²) in [6.45, 7) is 0. The van der Waals surface area contributed by atoms with Gasteiger partial charge in [-0.15, -0.1) is 11.8 Å². The number of carbonyl (C=O) groups is 2. The first-order valence-electron chi connectivity index (χ1n) is 5.25. The van der Waals surface area contributed by atoms with Crippen molar-refractivity contribution in [2.75, 3.05) is 18.7 Å². The zero-order valence-corrected chi connectivity index (χ0v) is 10.3. The zero-order valence-electron chi connectivity index (χ0n) is 9.46. The predicted molar refractivity (Wildman–Crippen MR) is 65.7 cm³/mol. The molecule has 0 bridgehead atoms. The first-order valence-corrected chi connectivity index (χ1v) is 6.41. The van der Waals surface area contributed by atoms with Crippen LogP contribution in [0, 0.1) is 0 Å². The van der Waals surface area contributed by atoms with Crippen molar-refractivity contribution in [1.82, 2.24) is 4.90 Å². The van der Waals surface area contributed by atoms with E-state index in [9.17, 15) is 9.59 Å². The molecule has 2 rings (SSSR count). The first-order chi connectivity index (χ1) is 8.24. The van der Waals surface area contributed by atoms with Crippen LogP contribution >= 0.6 is 11.8 Å².